The molecular formula is C17H17FN2O6. The van der Waals surface area contributed by atoms with Crippen molar-refractivity contribution < 1.29 is 24.1 Å². The molecular weight excluding hydrogens is 347 g/mol. The van der Waals surface area contributed by atoms with Crippen molar-refractivity contribution in [2.45, 2.75) is 31.8 Å². The fourth-order valence-electron chi connectivity index (χ4n) is 2.88. The third-order valence-electron chi connectivity index (χ3n) is 4.23. The number of nitrogens with zero attached hydrogens (tertiary/aromatic N) is 2. The van der Waals surface area contributed by atoms with Gasteiger partial charge in [0.05, 0.1) is 18.9 Å². The summed E-state index contributed by atoms with van der Waals surface area (Å²) in [6.07, 6.45) is -2.57. The van der Waals surface area contributed by atoms with Crippen LogP contribution in [0.4, 0.5) is 4.39 Å². The maximum Gasteiger partial charge on any atom is 0.340 e. The van der Waals surface area contributed by atoms with Crippen molar-refractivity contribution in [3.8, 4) is 0 Å². The number of hydrogen-bond acceptors (Lipinski definition) is 6. The molecule has 8 nitrogen and oxygen atoms in total. The third kappa shape index (κ3) is 3.12. The van der Waals surface area contributed by atoms with Crippen molar-refractivity contribution in [1.29, 1.82) is 0 Å². The van der Waals surface area contributed by atoms with Gasteiger partial charge < -0.3 is 14.9 Å². The minimum Gasteiger partial charge on any atom is -0.394 e. The summed E-state index contributed by atoms with van der Waals surface area (Å²) >= 11 is 0. The van der Waals surface area contributed by atoms with Gasteiger partial charge in [-0.05, 0) is 19.1 Å². The summed E-state index contributed by atoms with van der Waals surface area (Å²) in [5.74, 6) is -2.27. The number of carbonyl (C=O) groups excluding carboxylic acids is 1. The Morgan fingerprint density at radius 1 is 1.38 bits per heavy atom. The minimum atomic E-state index is -1.37. The van der Waals surface area contributed by atoms with Crippen molar-refractivity contribution in [2.24, 2.45) is 0 Å². The van der Waals surface area contributed by atoms with E-state index < -0.39 is 48.0 Å². The summed E-state index contributed by atoms with van der Waals surface area (Å²) in [4.78, 5) is 37.3. The van der Waals surface area contributed by atoms with Gasteiger partial charge >= 0.3 is 5.69 Å². The van der Waals surface area contributed by atoms with Crippen LogP contribution in [-0.4, -0.2) is 44.1 Å². The monoisotopic (exact) mass is 364 g/mol. The second-order valence-electron chi connectivity index (χ2n) is 6.10. The summed E-state index contributed by atoms with van der Waals surface area (Å²) in [6, 6.07) is 6.19. The number of ether oxygens (including phenoxy) is 1. The van der Waals surface area contributed by atoms with E-state index >= 15 is 0 Å². The molecule has 0 saturated carbocycles. The summed E-state index contributed by atoms with van der Waals surface area (Å²) in [7, 11) is 0. The predicted octanol–water partition coefficient (Wildman–Crippen LogP) is -0.213. The molecule has 9 heteroatoms. The van der Waals surface area contributed by atoms with E-state index in [4.69, 9.17) is 9.84 Å². The Labute approximate surface area is 146 Å². The molecule has 26 heavy (non-hydrogen) atoms. The lowest BCUT2D eigenvalue weighted by atomic mass is 10.1. The van der Waals surface area contributed by atoms with Crippen LogP contribution in [0.5, 0.6) is 0 Å². The first-order chi connectivity index (χ1) is 12.3. The van der Waals surface area contributed by atoms with Crippen LogP contribution in [0.25, 0.3) is 0 Å². The Morgan fingerprint density at radius 2 is 2.12 bits per heavy atom. The molecule has 1 aromatic heterocycles. The maximum absolute atomic E-state index is 14.1. The van der Waals surface area contributed by atoms with Crippen LogP contribution >= 0.6 is 0 Å². The number of aromatic nitrogens is 2. The van der Waals surface area contributed by atoms with Crippen LogP contribution in [-0.2, 0) is 4.74 Å². The van der Waals surface area contributed by atoms with Crippen molar-refractivity contribution in [2.75, 3.05) is 6.61 Å². The highest BCUT2D eigenvalue weighted by atomic mass is 19.1. The number of rotatable bonds is 3. The zero-order valence-electron chi connectivity index (χ0n) is 13.8. The number of benzene rings is 1. The molecule has 1 aliphatic rings. The first-order valence-electron chi connectivity index (χ1n) is 7.93. The molecule has 1 fully saturated rings. The van der Waals surface area contributed by atoms with Crippen molar-refractivity contribution in [1.82, 2.24) is 9.13 Å². The second-order valence-corrected chi connectivity index (χ2v) is 6.10. The number of aliphatic hydroxyl groups excluding tert-OH is 2. The maximum atomic E-state index is 14.1. The number of halogens is 1. The van der Waals surface area contributed by atoms with Gasteiger partial charge in [0.15, 0.2) is 0 Å². The van der Waals surface area contributed by atoms with Crippen LogP contribution in [0.15, 0.2) is 40.1 Å². The highest BCUT2D eigenvalue weighted by Gasteiger charge is 2.36. The topological polar surface area (TPSA) is 111 Å². The zero-order chi connectivity index (χ0) is 19.0. The van der Waals surface area contributed by atoms with E-state index in [2.05, 4.69) is 0 Å². The lowest BCUT2D eigenvalue weighted by Gasteiger charge is -2.16. The zero-order valence-corrected chi connectivity index (χ0v) is 13.8. The number of aliphatic hydroxyl groups is 2. The van der Waals surface area contributed by atoms with Crippen LogP contribution in [0, 0.1) is 12.7 Å². The minimum absolute atomic E-state index is 0.0574. The fourth-order valence-corrected chi connectivity index (χ4v) is 2.88. The van der Waals surface area contributed by atoms with Gasteiger partial charge in [-0.2, -0.15) is 8.96 Å². The highest BCUT2D eigenvalue weighted by Crippen LogP contribution is 2.27. The van der Waals surface area contributed by atoms with Crippen molar-refractivity contribution in [3.05, 3.63) is 68.2 Å². The summed E-state index contributed by atoms with van der Waals surface area (Å²) in [5.41, 5.74) is -1.66. The van der Waals surface area contributed by atoms with E-state index in [1.54, 1.807) is 19.1 Å². The Balaban J connectivity index is 2.10. The van der Waals surface area contributed by atoms with Gasteiger partial charge in [-0.3, -0.25) is 14.2 Å². The molecule has 2 heterocycles. The van der Waals surface area contributed by atoms with Gasteiger partial charge in [0.1, 0.15) is 12.3 Å². The number of carbonyl (C=O) groups is 1. The normalized spacial score (nSPS) is 22.5. The Bertz CT molecular complexity index is 966. The summed E-state index contributed by atoms with van der Waals surface area (Å²) < 4.78 is 20.3. The third-order valence-corrected chi connectivity index (χ3v) is 4.23. The van der Waals surface area contributed by atoms with E-state index in [-0.39, 0.29) is 16.6 Å². The van der Waals surface area contributed by atoms with E-state index in [0.717, 1.165) is 10.1 Å². The molecule has 0 bridgehead atoms. The van der Waals surface area contributed by atoms with Crippen LogP contribution < -0.4 is 11.2 Å². The number of aryl methyl sites for hydroxylation is 1. The molecule has 0 unspecified atom stereocenters. The quantitative estimate of drug-likeness (QED) is 0.780. The Kier molecular flexibility index (Phi) is 4.86. The number of hydrogen-bond donors (Lipinski definition) is 2. The summed E-state index contributed by atoms with van der Waals surface area (Å²) in [5, 5.41) is 18.9. The molecule has 1 aromatic carbocycles. The van der Waals surface area contributed by atoms with E-state index in [1.165, 1.54) is 12.1 Å². The predicted molar refractivity (Wildman–Crippen MR) is 87.4 cm³/mol. The molecule has 2 N–H and O–H groups in total. The molecule has 0 radical (unpaired) electrons. The smallest absolute Gasteiger partial charge is 0.340 e. The molecule has 138 valence electrons. The first kappa shape index (κ1) is 18.2. The van der Waals surface area contributed by atoms with E-state index in [1.807, 2.05) is 0 Å². The largest absolute Gasteiger partial charge is 0.394 e. The molecule has 0 amide bonds. The van der Waals surface area contributed by atoms with Crippen LogP contribution in [0.3, 0.4) is 0 Å². The lowest BCUT2D eigenvalue weighted by molar-refractivity contribution is -0.0465. The van der Waals surface area contributed by atoms with Gasteiger partial charge in [0.2, 0.25) is 5.82 Å². The molecule has 1 aliphatic heterocycles. The Morgan fingerprint density at radius 3 is 2.73 bits per heavy atom. The average molecular weight is 364 g/mol. The van der Waals surface area contributed by atoms with E-state index in [0.29, 0.717) is 6.20 Å². The van der Waals surface area contributed by atoms with Gasteiger partial charge in [0, 0.05) is 12.0 Å². The van der Waals surface area contributed by atoms with Gasteiger partial charge in [-0.1, -0.05) is 17.7 Å². The Hall–Kier alpha value is -2.62. The molecule has 2 aromatic rings. The van der Waals surface area contributed by atoms with Crippen LogP contribution in [0.1, 0.15) is 28.6 Å². The van der Waals surface area contributed by atoms with Gasteiger partial charge in [-0.25, -0.2) is 4.79 Å². The molecule has 1 saturated heterocycles. The molecule has 0 aliphatic carbocycles. The van der Waals surface area contributed by atoms with Crippen molar-refractivity contribution >= 4 is 5.91 Å². The summed E-state index contributed by atoms with van der Waals surface area (Å²) in [6.45, 7) is 1.24. The lowest BCUT2D eigenvalue weighted by Crippen LogP contribution is -2.46. The van der Waals surface area contributed by atoms with Crippen molar-refractivity contribution in [3.63, 3.8) is 0 Å². The first-order valence-corrected chi connectivity index (χ1v) is 7.93. The molecule has 3 atom stereocenters. The van der Waals surface area contributed by atoms with E-state index in [9.17, 15) is 23.9 Å². The molecule has 0 spiro atoms. The van der Waals surface area contributed by atoms with Crippen LogP contribution in [0.2, 0.25) is 0 Å². The molecule has 3 rings (SSSR count). The average Bonchev–Trinajstić information content (AvgIpc) is 2.98. The van der Waals surface area contributed by atoms with Gasteiger partial charge in [0.25, 0.3) is 11.5 Å². The van der Waals surface area contributed by atoms with Gasteiger partial charge in [-0.15, -0.1) is 0 Å². The SMILES string of the molecule is Cc1cccc(C(=O)n2c(=O)c(F)cn([C@H]3C[C@H](O)[C@@H](CO)O3)c2=O)c1. The second kappa shape index (κ2) is 6.94. The standard InChI is InChI=1S/C17H17FN2O6/c1-9-3-2-4-10(5-9)15(23)20-16(24)11(18)7-19(17(20)25)14-6-12(22)13(8-21)26-14/h2-5,7,12-14,21-22H,6,8H2,1H3/t12-,13+,14+/m0/s1. The fraction of sp³-hybridized carbons (Fsp3) is 0.353. The highest BCUT2D eigenvalue weighted by molar-refractivity contribution is 5.95.